The van der Waals surface area contributed by atoms with Crippen molar-refractivity contribution in [1.82, 2.24) is 4.90 Å². The van der Waals surface area contributed by atoms with E-state index in [0.717, 1.165) is 19.0 Å². The summed E-state index contributed by atoms with van der Waals surface area (Å²) in [5, 5.41) is 8.97. The van der Waals surface area contributed by atoms with Crippen LogP contribution in [0, 0.1) is 0 Å². The van der Waals surface area contributed by atoms with E-state index in [4.69, 9.17) is 9.84 Å². The molecule has 1 unspecified atom stereocenters. The van der Waals surface area contributed by atoms with E-state index in [1.54, 1.807) is 0 Å². The van der Waals surface area contributed by atoms with Gasteiger partial charge in [0.05, 0.1) is 19.6 Å². The molecule has 1 N–H and O–H groups in total. The molecule has 0 amide bonds. The minimum absolute atomic E-state index is 0.00985. The molecular weight excluding hydrogens is 254 g/mol. The zero-order valence-corrected chi connectivity index (χ0v) is 11.6. The van der Waals surface area contributed by atoms with Gasteiger partial charge in [-0.2, -0.15) is 0 Å². The Balaban J connectivity index is 1.63. The van der Waals surface area contributed by atoms with Crippen LogP contribution in [0.2, 0.25) is 0 Å². The van der Waals surface area contributed by atoms with E-state index >= 15 is 0 Å². The van der Waals surface area contributed by atoms with Crippen LogP contribution in [0.1, 0.15) is 36.3 Å². The van der Waals surface area contributed by atoms with Crippen molar-refractivity contribution in [3.63, 3.8) is 0 Å². The number of carboxylic acid groups (broad SMARTS) is 1. The fourth-order valence-corrected chi connectivity index (χ4v) is 2.83. The molecule has 1 saturated heterocycles. The molecule has 4 nitrogen and oxygen atoms in total. The first-order valence-electron chi connectivity index (χ1n) is 7.35. The fraction of sp³-hybridized carbons (Fsp3) is 0.562. The van der Waals surface area contributed by atoms with Gasteiger partial charge in [-0.05, 0) is 29.9 Å². The summed E-state index contributed by atoms with van der Waals surface area (Å²) in [4.78, 5) is 13.1. The molecule has 0 bridgehead atoms. The van der Waals surface area contributed by atoms with Gasteiger partial charge < -0.3 is 9.84 Å². The van der Waals surface area contributed by atoms with Crippen molar-refractivity contribution in [3.05, 3.63) is 35.4 Å². The Labute approximate surface area is 119 Å². The molecule has 1 aliphatic heterocycles. The van der Waals surface area contributed by atoms with Gasteiger partial charge in [0.1, 0.15) is 0 Å². The molecule has 4 heteroatoms. The normalized spacial score (nSPS) is 23.7. The lowest BCUT2D eigenvalue weighted by atomic mass is 10.1. The van der Waals surface area contributed by atoms with E-state index in [-0.39, 0.29) is 12.5 Å². The molecule has 0 spiro atoms. The maximum atomic E-state index is 10.9. The highest BCUT2D eigenvalue weighted by Gasteiger charge is 2.26. The number of hydrogen-bond acceptors (Lipinski definition) is 3. The number of morpholine rings is 1. The predicted molar refractivity (Wildman–Crippen MR) is 75.7 cm³/mol. The second kappa shape index (κ2) is 5.94. The topological polar surface area (TPSA) is 49.8 Å². The molecule has 2 aliphatic rings. The number of ether oxygens (including phenoxy) is 1. The van der Waals surface area contributed by atoms with Crippen LogP contribution in [-0.4, -0.2) is 41.8 Å². The smallest absolute Gasteiger partial charge is 0.305 e. The molecule has 1 aromatic rings. The quantitative estimate of drug-likeness (QED) is 0.895. The van der Waals surface area contributed by atoms with Crippen molar-refractivity contribution in [2.45, 2.75) is 37.8 Å². The number of hydrogen-bond donors (Lipinski definition) is 1. The summed E-state index contributed by atoms with van der Waals surface area (Å²) in [6.07, 6.45) is 2.80. The summed E-state index contributed by atoms with van der Waals surface area (Å²) in [6.45, 7) is 2.83. The van der Waals surface area contributed by atoms with Crippen LogP contribution in [0.3, 0.4) is 0 Å². The Bertz CT molecular complexity index is 467. The Morgan fingerprint density at radius 1 is 1.30 bits per heavy atom. The lowest BCUT2D eigenvalue weighted by Crippen LogP contribution is -2.45. The van der Waals surface area contributed by atoms with Crippen molar-refractivity contribution >= 4 is 5.97 Å². The highest BCUT2D eigenvalue weighted by molar-refractivity contribution is 5.67. The number of carboxylic acids is 1. The van der Waals surface area contributed by atoms with Crippen LogP contribution < -0.4 is 0 Å². The van der Waals surface area contributed by atoms with Crippen LogP contribution in [0.5, 0.6) is 0 Å². The van der Waals surface area contributed by atoms with E-state index in [1.165, 1.54) is 24.0 Å². The summed E-state index contributed by atoms with van der Waals surface area (Å²) in [5.41, 5.74) is 2.70. The van der Waals surface area contributed by atoms with Crippen LogP contribution in [0.15, 0.2) is 24.3 Å². The maximum absolute atomic E-state index is 10.9. The average Bonchev–Trinajstić information content (AvgIpc) is 3.26. The summed E-state index contributed by atoms with van der Waals surface area (Å²) in [5.74, 6) is 0.0294. The molecule has 0 radical (unpaired) electrons. The number of nitrogens with zero attached hydrogens (tertiary/aromatic N) is 1. The first-order chi connectivity index (χ1) is 9.72. The number of benzene rings is 1. The molecule has 3 rings (SSSR count). The molecule has 108 valence electrons. The third-order valence-electron chi connectivity index (χ3n) is 4.17. The van der Waals surface area contributed by atoms with E-state index in [9.17, 15) is 4.79 Å². The monoisotopic (exact) mass is 275 g/mol. The summed E-state index contributed by atoms with van der Waals surface area (Å²) < 4.78 is 5.40. The lowest BCUT2D eigenvalue weighted by Gasteiger charge is -2.34. The third-order valence-corrected chi connectivity index (χ3v) is 4.17. The van der Waals surface area contributed by atoms with Crippen molar-refractivity contribution in [3.8, 4) is 0 Å². The second-order valence-corrected chi connectivity index (χ2v) is 5.81. The third kappa shape index (κ3) is 3.38. The molecule has 2 fully saturated rings. The van der Waals surface area contributed by atoms with Crippen molar-refractivity contribution in [2.75, 3.05) is 19.8 Å². The van der Waals surface area contributed by atoms with Gasteiger partial charge in [-0.3, -0.25) is 9.69 Å². The predicted octanol–water partition coefficient (Wildman–Crippen LogP) is 2.24. The van der Waals surface area contributed by atoms with Gasteiger partial charge in [0.25, 0.3) is 0 Å². The van der Waals surface area contributed by atoms with Gasteiger partial charge in [-0.25, -0.2) is 0 Å². The first kappa shape index (κ1) is 13.6. The van der Waals surface area contributed by atoms with Crippen molar-refractivity contribution in [1.29, 1.82) is 0 Å². The molecular formula is C16H21NO3. The first-order valence-corrected chi connectivity index (χ1v) is 7.35. The standard InChI is InChI=1S/C16H21NO3/c18-16(19)9-15-11-20-8-7-17(15)10-12-1-3-13(4-2-12)14-5-6-14/h1-4,14-15H,5-11H2,(H,18,19). The Morgan fingerprint density at radius 3 is 2.70 bits per heavy atom. The Kier molecular flexibility index (Phi) is 4.03. The Hall–Kier alpha value is -1.39. The van der Waals surface area contributed by atoms with Gasteiger partial charge in [-0.15, -0.1) is 0 Å². The molecule has 1 saturated carbocycles. The average molecular weight is 275 g/mol. The minimum Gasteiger partial charge on any atom is -0.481 e. The number of carbonyl (C=O) groups is 1. The van der Waals surface area contributed by atoms with Gasteiger partial charge >= 0.3 is 5.97 Å². The van der Waals surface area contributed by atoms with E-state index in [0.29, 0.717) is 13.2 Å². The van der Waals surface area contributed by atoms with Crippen LogP contribution in [-0.2, 0) is 16.1 Å². The van der Waals surface area contributed by atoms with E-state index in [1.807, 2.05) is 0 Å². The molecule has 1 aliphatic carbocycles. The maximum Gasteiger partial charge on any atom is 0.305 e. The summed E-state index contributed by atoms with van der Waals surface area (Å²) in [6, 6.07) is 8.80. The van der Waals surface area contributed by atoms with Gasteiger partial charge in [0, 0.05) is 19.1 Å². The van der Waals surface area contributed by atoms with Crippen molar-refractivity contribution in [2.24, 2.45) is 0 Å². The van der Waals surface area contributed by atoms with Gasteiger partial charge in [0.2, 0.25) is 0 Å². The van der Waals surface area contributed by atoms with E-state index in [2.05, 4.69) is 29.2 Å². The highest BCUT2D eigenvalue weighted by Crippen LogP contribution is 2.39. The van der Waals surface area contributed by atoms with Gasteiger partial charge in [-0.1, -0.05) is 24.3 Å². The molecule has 0 aromatic heterocycles. The van der Waals surface area contributed by atoms with Crippen LogP contribution in [0.4, 0.5) is 0 Å². The molecule has 1 heterocycles. The van der Waals surface area contributed by atoms with Crippen LogP contribution in [0.25, 0.3) is 0 Å². The lowest BCUT2D eigenvalue weighted by molar-refractivity contribution is -0.140. The second-order valence-electron chi connectivity index (χ2n) is 5.81. The zero-order chi connectivity index (χ0) is 13.9. The molecule has 1 atom stereocenters. The largest absolute Gasteiger partial charge is 0.481 e. The molecule has 1 aromatic carbocycles. The summed E-state index contributed by atoms with van der Waals surface area (Å²) >= 11 is 0. The van der Waals surface area contributed by atoms with Crippen LogP contribution >= 0.6 is 0 Å². The van der Waals surface area contributed by atoms with E-state index < -0.39 is 5.97 Å². The number of aliphatic carboxylic acids is 1. The highest BCUT2D eigenvalue weighted by atomic mass is 16.5. The summed E-state index contributed by atoms with van der Waals surface area (Å²) in [7, 11) is 0. The SMILES string of the molecule is O=C(O)CC1COCCN1Cc1ccc(C2CC2)cc1. The Morgan fingerprint density at radius 2 is 2.05 bits per heavy atom. The number of rotatable bonds is 5. The van der Waals surface area contributed by atoms with Crippen molar-refractivity contribution < 1.29 is 14.6 Å². The molecule has 20 heavy (non-hydrogen) atoms. The van der Waals surface area contributed by atoms with Gasteiger partial charge in [0.15, 0.2) is 0 Å². The fourth-order valence-electron chi connectivity index (χ4n) is 2.83. The zero-order valence-electron chi connectivity index (χ0n) is 11.6. The minimum atomic E-state index is -0.755.